The van der Waals surface area contributed by atoms with Crippen molar-refractivity contribution >= 4 is 23.5 Å². The van der Waals surface area contributed by atoms with Crippen LogP contribution < -0.4 is 0 Å². The van der Waals surface area contributed by atoms with Crippen molar-refractivity contribution in [2.24, 2.45) is 11.0 Å². The molecule has 0 aromatic carbocycles. The number of aliphatic carboxylic acids is 1. The lowest BCUT2D eigenvalue weighted by Crippen LogP contribution is -2.43. The molecule has 0 atom stereocenters. The van der Waals surface area contributed by atoms with Crippen molar-refractivity contribution in [3.63, 3.8) is 0 Å². The zero-order chi connectivity index (χ0) is 15.3. The summed E-state index contributed by atoms with van der Waals surface area (Å²) in [7, 11) is 1.51. The van der Waals surface area contributed by atoms with E-state index in [-0.39, 0.29) is 37.1 Å². The number of hydrazone groups is 1. The number of nitrogens with zero attached hydrogens (tertiary/aromatic N) is 3. The van der Waals surface area contributed by atoms with Crippen LogP contribution in [0.5, 0.6) is 0 Å². The highest BCUT2D eigenvalue weighted by atomic mass is 16.4. The number of carbonyl (C=O) groups is 3. The topological polar surface area (TPSA) is 90.3 Å². The molecule has 1 aliphatic rings. The molecule has 0 aliphatic carbocycles. The lowest BCUT2D eigenvalue weighted by molar-refractivity contribution is -0.137. The minimum absolute atomic E-state index is 0.0967. The molecule has 0 unspecified atom stereocenters. The number of hydrogen-bond donors (Lipinski definition) is 1. The van der Waals surface area contributed by atoms with E-state index in [1.165, 1.54) is 17.0 Å². The van der Waals surface area contributed by atoms with Crippen LogP contribution in [0.25, 0.3) is 0 Å². The largest absolute Gasteiger partial charge is 0.481 e. The van der Waals surface area contributed by atoms with E-state index in [0.29, 0.717) is 18.7 Å². The summed E-state index contributed by atoms with van der Waals surface area (Å²) in [5.41, 5.74) is 0.318. The third kappa shape index (κ3) is 4.64. The molecule has 1 N–H and O–H groups in total. The van der Waals surface area contributed by atoms with Crippen molar-refractivity contribution in [2.45, 2.75) is 33.1 Å². The van der Waals surface area contributed by atoms with Crippen LogP contribution in [0, 0.1) is 5.92 Å². The lowest BCUT2D eigenvalue weighted by Gasteiger charge is -2.27. The van der Waals surface area contributed by atoms with Gasteiger partial charge in [-0.3, -0.25) is 14.4 Å². The van der Waals surface area contributed by atoms with Crippen LogP contribution in [0.3, 0.4) is 0 Å². The Morgan fingerprint density at radius 1 is 1.40 bits per heavy atom. The van der Waals surface area contributed by atoms with Crippen LogP contribution in [-0.4, -0.2) is 58.6 Å². The van der Waals surface area contributed by atoms with Gasteiger partial charge in [0.05, 0.1) is 6.42 Å². The van der Waals surface area contributed by atoms with Gasteiger partial charge in [0.25, 0.3) is 5.91 Å². The lowest BCUT2D eigenvalue weighted by atomic mass is 10.1. The summed E-state index contributed by atoms with van der Waals surface area (Å²) >= 11 is 0. The molecule has 2 amide bonds. The first kappa shape index (κ1) is 16.1. The van der Waals surface area contributed by atoms with E-state index in [4.69, 9.17) is 5.11 Å². The van der Waals surface area contributed by atoms with Gasteiger partial charge in [-0.25, -0.2) is 5.01 Å². The Morgan fingerprint density at radius 2 is 2.05 bits per heavy atom. The van der Waals surface area contributed by atoms with E-state index < -0.39 is 5.97 Å². The number of carboxylic acid groups (broad SMARTS) is 1. The molecule has 1 heterocycles. The average molecular weight is 283 g/mol. The summed E-state index contributed by atoms with van der Waals surface area (Å²) in [4.78, 5) is 35.9. The van der Waals surface area contributed by atoms with Crippen LogP contribution in [0.15, 0.2) is 5.10 Å². The fraction of sp³-hybridized carbons (Fsp3) is 0.692. The van der Waals surface area contributed by atoms with Gasteiger partial charge in [0, 0.05) is 33.0 Å². The smallest absolute Gasteiger partial charge is 0.305 e. The van der Waals surface area contributed by atoms with Gasteiger partial charge in [-0.05, 0) is 5.92 Å². The molecule has 20 heavy (non-hydrogen) atoms. The molecule has 112 valence electrons. The molecule has 0 fully saturated rings. The van der Waals surface area contributed by atoms with Crippen LogP contribution in [0.2, 0.25) is 0 Å². The maximum atomic E-state index is 12.4. The third-order valence-corrected chi connectivity index (χ3v) is 2.92. The molecule has 1 aliphatic heterocycles. The van der Waals surface area contributed by atoms with Crippen molar-refractivity contribution in [2.75, 3.05) is 20.1 Å². The van der Waals surface area contributed by atoms with Gasteiger partial charge in [-0.2, -0.15) is 5.10 Å². The molecule has 7 heteroatoms. The number of carbonyl (C=O) groups excluding carboxylic acids is 2. The predicted octanol–water partition coefficient (Wildman–Crippen LogP) is 0.554. The van der Waals surface area contributed by atoms with Crippen molar-refractivity contribution in [3.05, 3.63) is 0 Å². The Kier molecular flexibility index (Phi) is 5.66. The number of rotatable bonds is 6. The van der Waals surface area contributed by atoms with Crippen molar-refractivity contribution in [3.8, 4) is 0 Å². The summed E-state index contributed by atoms with van der Waals surface area (Å²) in [5.74, 6) is -1.11. The van der Waals surface area contributed by atoms with Crippen LogP contribution in [-0.2, 0) is 14.4 Å². The minimum atomic E-state index is -0.940. The fourth-order valence-corrected chi connectivity index (χ4v) is 1.95. The minimum Gasteiger partial charge on any atom is -0.481 e. The second-order valence-corrected chi connectivity index (χ2v) is 5.25. The molecule has 0 aromatic rings. The maximum Gasteiger partial charge on any atom is 0.305 e. The SMILES string of the molecule is CC(C)CN(CCC(=O)O)C(=O)C1=NN(C)C(=O)CC1. The fourth-order valence-electron chi connectivity index (χ4n) is 1.95. The maximum absolute atomic E-state index is 12.4. The number of carboxylic acids is 1. The first-order valence-electron chi connectivity index (χ1n) is 6.66. The second kappa shape index (κ2) is 7.02. The first-order valence-corrected chi connectivity index (χ1v) is 6.66. The zero-order valence-corrected chi connectivity index (χ0v) is 12.1. The Hall–Kier alpha value is -1.92. The van der Waals surface area contributed by atoms with Gasteiger partial charge in [0.15, 0.2) is 0 Å². The quantitative estimate of drug-likeness (QED) is 0.771. The predicted molar refractivity (Wildman–Crippen MR) is 73.1 cm³/mol. The third-order valence-electron chi connectivity index (χ3n) is 2.92. The van der Waals surface area contributed by atoms with E-state index in [1.54, 1.807) is 0 Å². The van der Waals surface area contributed by atoms with Crippen molar-refractivity contribution in [1.82, 2.24) is 9.91 Å². The average Bonchev–Trinajstić information content (AvgIpc) is 2.36. The van der Waals surface area contributed by atoms with Crippen molar-refractivity contribution < 1.29 is 19.5 Å². The van der Waals surface area contributed by atoms with Crippen molar-refractivity contribution in [1.29, 1.82) is 0 Å². The van der Waals surface area contributed by atoms with Crippen LogP contribution >= 0.6 is 0 Å². The van der Waals surface area contributed by atoms with Crippen LogP contribution in [0.1, 0.15) is 33.1 Å². The Labute approximate surface area is 118 Å². The van der Waals surface area contributed by atoms with Crippen LogP contribution in [0.4, 0.5) is 0 Å². The molecule has 0 saturated carbocycles. The van der Waals surface area contributed by atoms with E-state index in [0.717, 1.165) is 0 Å². The molecule has 1 rings (SSSR count). The zero-order valence-electron chi connectivity index (χ0n) is 12.1. The van der Waals surface area contributed by atoms with Gasteiger partial charge in [0.2, 0.25) is 5.91 Å². The number of hydrogen-bond acceptors (Lipinski definition) is 4. The molecular weight excluding hydrogens is 262 g/mol. The van der Waals surface area contributed by atoms with E-state index in [9.17, 15) is 14.4 Å². The summed E-state index contributed by atoms with van der Waals surface area (Å²) in [5, 5.41) is 13.9. The van der Waals surface area contributed by atoms with Gasteiger partial charge >= 0.3 is 5.97 Å². The molecule has 0 bridgehead atoms. The molecule has 0 spiro atoms. The highest BCUT2D eigenvalue weighted by Gasteiger charge is 2.26. The Bertz CT molecular complexity index is 431. The monoisotopic (exact) mass is 283 g/mol. The summed E-state index contributed by atoms with van der Waals surface area (Å²) < 4.78 is 0. The Balaban J connectivity index is 2.78. The summed E-state index contributed by atoms with van der Waals surface area (Å²) in [6.45, 7) is 4.55. The molecular formula is C13H21N3O4. The Morgan fingerprint density at radius 3 is 2.55 bits per heavy atom. The standard InChI is InChI=1S/C13H21N3O4/c1-9(2)8-16(7-6-12(18)19)13(20)10-4-5-11(17)15(3)14-10/h9H,4-8H2,1-3H3,(H,18,19). The van der Waals surface area contributed by atoms with Gasteiger partial charge in [-0.15, -0.1) is 0 Å². The molecule has 0 saturated heterocycles. The highest BCUT2D eigenvalue weighted by molar-refractivity contribution is 6.39. The van der Waals surface area contributed by atoms with Gasteiger partial charge in [0.1, 0.15) is 5.71 Å². The molecule has 0 aromatic heterocycles. The molecule has 7 nitrogen and oxygen atoms in total. The van der Waals surface area contributed by atoms with E-state index in [1.807, 2.05) is 13.8 Å². The highest BCUT2D eigenvalue weighted by Crippen LogP contribution is 2.11. The number of amides is 2. The van der Waals surface area contributed by atoms with Gasteiger partial charge in [-0.1, -0.05) is 13.8 Å². The van der Waals surface area contributed by atoms with Gasteiger partial charge < -0.3 is 10.0 Å². The summed E-state index contributed by atoms with van der Waals surface area (Å²) in [6, 6.07) is 0. The molecule has 0 radical (unpaired) electrons. The van der Waals surface area contributed by atoms with E-state index in [2.05, 4.69) is 5.10 Å². The first-order chi connectivity index (χ1) is 9.31. The summed E-state index contributed by atoms with van der Waals surface area (Å²) in [6.07, 6.45) is 0.472. The van der Waals surface area contributed by atoms with E-state index >= 15 is 0 Å². The second-order valence-electron chi connectivity index (χ2n) is 5.25. The normalized spacial score (nSPS) is 15.3.